The van der Waals surface area contributed by atoms with Gasteiger partial charge in [0.1, 0.15) is 11.9 Å². The molecule has 0 saturated heterocycles. The van der Waals surface area contributed by atoms with Crippen LogP contribution in [-0.4, -0.2) is 46.6 Å². The molecule has 0 aliphatic carbocycles. The molecule has 0 radical (unpaired) electrons. The second-order valence-electron chi connectivity index (χ2n) is 6.60. The Morgan fingerprint density at radius 2 is 2.14 bits per heavy atom. The van der Waals surface area contributed by atoms with E-state index in [4.69, 9.17) is 0 Å². The molecule has 1 aromatic carbocycles. The van der Waals surface area contributed by atoms with Gasteiger partial charge in [-0.2, -0.15) is 0 Å². The predicted octanol–water partition coefficient (Wildman–Crippen LogP) is 2.66. The number of alkyl carbamates (subject to hydrolysis) is 1. The van der Waals surface area contributed by atoms with E-state index < -0.39 is 18.2 Å². The van der Waals surface area contributed by atoms with Crippen molar-refractivity contribution in [2.75, 3.05) is 13.7 Å². The molecular formula is C21H24N4O3. The highest BCUT2D eigenvalue weighted by atomic mass is 16.5. The molecule has 1 aromatic heterocycles. The van der Waals surface area contributed by atoms with Crippen molar-refractivity contribution >= 4 is 12.0 Å². The number of imidazole rings is 1. The van der Waals surface area contributed by atoms with Crippen LogP contribution in [0.15, 0.2) is 30.5 Å². The van der Waals surface area contributed by atoms with Crippen molar-refractivity contribution in [3.8, 4) is 23.1 Å². The third kappa shape index (κ3) is 4.17. The molecule has 0 spiro atoms. The highest BCUT2D eigenvalue weighted by Crippen LogP contribution is 2.25. The van der Waals surface area contributed by atoms with Crippen LogP contribution in [0.4, 0.5) is 4.79 Å². The summed E-state index contributed by atoms with van der Waals surface area (Å²) in [7, 11) is 1.26. The van der Waals surface area contributed by atoms with Crippen molar-refractivity contribution in [1.82, 2.24) is 20.2 Å². The van der Waals surface area contributed by atoms with Gasteiger partial charge in [-0.25, -0.2) is 9.78 Å². The van der Waals surface area contributed by atoms with Crippen LogP contribution in [0.25, 0.3) is 11.3 Å². The summed E-state index contributed by atoms with van der Waals surface area (Å²) in [5.74, 6) is 6.53. The van der Waals surface area contributed by atoms with Crippen LogP contribution in [0.2, 0.25) is 0 Å². The fraction of sp³-hybridized carbons (Fsp3) is 0.381. The standard InChI is InChI=1S/C21H24N4O3/c1-4-15-8-10-16(11-9-15)17-13-22-19(24-17)18-7-5-6-12-25(18)20(26)14(2)23-21(27)28-3/h8-11,13-14,18H,4,6,12H2,1-3H3,(H,22,24)(H,23,27). The average Bonchev–Trinajstić information content (AvgIpc) is 3.23. The number of rotatable bonds is 5. The normalized spacial score (nSPS) is 16.7. The SMILES string of the molecule is CCc1ccc(-c2cnc(C3C#CCCN3C(=O)C(C)NC(=O)OC)[nH]2)cc1. The van der Waals surface area contributed by atoms with Gasteiger partial charge in [0.05, 0.1) is 19.0 Å². The van der Waals surface area contributed by atoms with Crippen molar-refractivity contribution in [2.24, 2.45) is 0 Å². The van der Waals surface area contributed by atoms with Gasteiger partial charge >= 0.3 is 6.09 Å². The topological polar surface area (TPSA) is 87.3 Å². The van der Waals surface area contributed by atoms with E-state index in [1.165, 1.54) is 12.7 Å². The predicted molar refractivity (Wildman–Crippen MR) is 105 cm³/mol. The molecule has 2 unspecified atom stereocenters. The Labute approximate surface area is 164 Å². The van der Waals surface area contributed by atoms with E-state index in [0.717, 1.165) is 17.7 Å². The molecule has 0 fully saturated rings. The third-order valence-electron chi connectivity index (χ3n) is 4.73. The quantitative estimate of drug-likeness (QED) is 0.781. The minimum atomic E-state index is -0.717. The number of hydrogen-bond donors (Lipinski definition) is 2. The molecule has 7 heteroatoms. The van der Waals surface area contributed by atoms with Gasteiger partial charge in [0, 0.05) is 13.0 Å². The largest absolute Gasteiger partial charge is 0.453 e. The number of benzene rings is 1. The number of amides is 2. The number of hydrogen-bond acceptors (Lipinski definition) is 4. The Kier molecular flexibility index (Phi) is 5.99. The lowest BCUT2D eigenvalue weighted by Crippen LogP contribution is -2.49. The fourth-order valence-corrected chi connectivity index (χ4v) is 3.09. The molecule has 2 heterocycles. The molecule has 2 aromatic rings. The first kappa shape index (κ1) is 19.5. The summed E-state index contributed by atoms with van der Waals surface area (Å²) in [6, 6.07) is 7.08. The molecule has 2 amide bonds. The van der Waals surface area contributed by atoms with E-state index in [1.54, 1.807) is 18.0 Å². The van der Waals surface area contributed by atoms with Crippen LogP contribution in [0.3, 0.4) is 0 Å². The van der Waals surface area contributed by atoms with Gasteiger partial charge in [-0.15, -0.1) is 0 Å². The Hall–Kier alpha value is -3.27. The number of carbonyl (C=O) groups is 2. The number of H-pyrrole nitrogens is 1. The zero-order valence-corrected chi connectivity index (χ0v) is 16.3. The maximum absolute atomic E-state index is 12.8. The van der Waals surface area contributed by atoms with Gasteiger partial charge in [0.25, 0.3) is 0 Å². The Morgan fingerprint density at radius 1 is 1.39 bits per heavy atom. The fourth-order valence-electron chi connectivity index (χ4n) is 3.09. The molecular weight excluding hydrogens is 356 g/mol. The Morgan fingerprint density at radius 3 is 2.82 bits per heavy atom. The Bertz CT molecular complexity index is 908. The van der Waals surface area contributed by atoms with E-state index in [0.29, 0.717) is 18.8 Å². The van der Waals surface area contributed by atoms with Crippen molar-refractivity contribution < 1.29 is 14.3 Å². The summed E-state index contributed by atoms with van der Waals surface area (Å²) >= 11 is 0. The van der Waals surface area contributed by atoms with Crippen LogP contribution in [0, 0.1) is 11.8 Å². The molecule has 1 aliphatic heterocycles. The van der Waals surface area contributed by atoms with E-state index >= 15 is 0 Å². The number of aryl methyl sites for hydroxylation is 1. The monoisotopic (exact) mass is 380 g/mol. The van der Waals surface area contributed by atoms with Gasteiger partial charge in [0.15, 0.2) is 6.04 Å². The first-order chi connectivity index (χ1) is 13.5. The van der Waals surface area contributed by atoms with Gasteiger partial charge in [-0.1, -0.05) is 43.0 Å². The molecule has 0 saturated carbocycles. The first-order valence-electron chi connectivity index (χ1n) is 9.31. The molecule has 0 bridgehead atoms. The minimum absolute atomic E-state index is 0.227. The van der Waals surface area contributed by atoms with Crippen LogP contribution in [-0.2, 0) is 16.0 Å². The van der Waals surface area contributed by atoms with Gasteiger partial charge in [0.2, 0.25) is 5.91 Å². The summed E-state index contributed by atoms with van der Waals surface area (Å²) in [5, 5.41) is 2.51. The van der Waals surface area contributed by atoms with E-state index in [2.05, 4.69) is 50.9 Å². The minimum Gasteiger partial charge on any atom is -0.453 e. The lowest BCUT2D eigenvalue weighted by Gasteiger charge is -2.31. The molecule has 2 atom stereocenters. The summed E-state index contributed by atoms with van der Waals surface area (Å²) in [6.07, 6.45) is 2.68. The van der Waals surface area contributed by atoms with Crippen LogP contribution < -0.4 is 5.32 Å². The number of aromatic nitrogens is 2. The lowest BCUT2D eigenvalue weighted by atomic mass is 10.1. The van der Waals surface area contributed by atoms with Gasteiger partial charge in [-0.3, -0.25) is 4.79 Å². The van der Waals surface area contributed by atoms with Crippen molar-refractivity contribution in [3.05, 3.63) is 41.9 Å². The number of carbonyl (C=O) groups excluding carboxylic acids is 2. The second kappa shape index (κ2) is 8.61. The van der Waals surface area contributed by atoms with Gasteiger partial charge < -0.3 is 19.9 Å². The highest BCUT2D eigenvalue weighted by Gasteiger charge is 2.31. The van der Waals surface area contributed by atoms with Gasteiger partial charge in [-0.05, 0) is 24.5 Å². The highest BCUT2D eigenvalue weighted by molar-refractivity contribution is 5.86. The number of aromatic amines is 1. The Balaban J connectivity index is 1.80. The number of nitrogens with one attached hydrogen (secondary N) is 2. The molecule has 1 aliphatic rings. The summed E-state index contributed by atoms with van der Waals surface area (Å²) in [6.45, 7) is 4.22. The summed E-state index contributed by atoms with van der Waals surface area (Å²) in [4.78, 5) is 33.6. The maximum atomic E-state index is 12.8. The van der Waals surface area contributed by atoms with E-state index in [1.807, 2.05) is 12.1 Å². The van der Waals surface area contributed by atoms with E-state index in [-0.39, 0.29) is 5.91 Å². The maximum Gasteiger partial charge on any atom is 0.407 e. The van der Waals surface area contributed by atoms with Crippen LogP contribution >= 0.6 is 0 Å². The zero-order chi connectivity index (χ0) is 20.1. The average molecular weight is 380 g/mol. The third-order valence-corrected chi connectivity index (χ3v) is 4.73. The number of methoxy groups -OCH3 is 1. The van der Waals surface area contributed by atoms with E-state index in [9.17, 15) is 9.59 Å². The molecule has 7 nitrogen and oxygen atoms in total. The van der Waals surface area contributed by atoms with Crippen molar-refractivity contribution in [3.63, 3.8) is 0 Å². The molecule has 146 valence electrons. The molecule has 28 heavy (non-hydrogen) atoms. The smallest absolute Gasteiger partial charge is 0.407 e. The van der Waals surface area contributed by atoms with Crippen LogP contribution in [0.5, 0.6) is 0 Å². The summed E-state index contributed by atoms with van der Waals surface area (Å²) in [5.41, 5.74) is 3.17. The van der Waals surface area contributed by atoms with Crippen molar-refractivity contribution in [1.29, 1.82) is 0 Å². The second-order valence-corrected chi connectivity index (χ2v) is 6.60. The first-order valence-corrected chi connectivity index (χ1v) is 9.31. The lowest BCUT2D eigenvalue weighted by molar-refractivity contribution is -0.134. The van der Waals surface area contributed by atoms with Crippen molar-refractivity contribution in [2.45, 2.75) is 38.8 Å². The van der Waals surface area contributed by atoms with Crippen LogP contribution in [0.1, 0.15) is 37.7 Å². The summed E-state index contributed by atoms with van der Waals surface area (Å²) < 4.78 is 4.57. The number of nitrogens with zero attached hydrogens (tertiary/aromatic N) is 2. The zero-order valence-electron chi connectivity index (χ0n) is 16.3. The number of ether oxygens (including phenoxy) is 1. The molecule has 3 rings (SSSR count). The molecule has 2 N–H and O–H groups in total.